The van der Waals surface area contributed by atoms with E-state index in [1.807, 2.05) is 6.92 Å². The largest absolute Gasteiger partial charge is 0.494 e. The average molecular weight is 343 g/mol. The molecule has 0 aliphatic rings. The number of carbonyl (C=O) groups is 1. The fraction of sp³-hybridized carbons (Fsp3) is 0.111. The summed E-state index contributed by atoms with van der Waals surface area (Å²) in [7, 11) is 0. The van der Waals surface area contributed by atoms with Gasteiger partial charge < -0.3 is 14.6 Å². The molecule has 3 aromatic rings. The molecule has 0 aliphatic heterocycles. The van der Waals surface area contributed by atoms with Gasteiger partial charge in [-0.3, -0.25) is 4.79 Å². The Labute approximate surface area is 144 Å². The molecule has 5 nitrogen and oxygen atoms in total. The predicted molar refractivity (Wildman–Crippen MR) is 92.5 cm³/mol. The van der Waals surface area contributed by atoms with Crippen molar-refractivity contribution in [1.82, 2.24) is 5.16 Å². The van der Waals surface area contributed by atoms with Gasteiger partial charge in [0.25, 0.3) is 5.91 Å². The van der Waals surface area contributed by atoms with Gasteiger partial charge in [0.1, 0.15) is 5.75 Å². The minimum atomic E-state index is -0.344. The van der Waals surface area contributed by atoms with Crippen LogP contribution in [0, 0.1) is 0 Å². The average Bonchev–Trinajstić information content (AvgIpc) is 3.08. The Morgan fingerprint density at radius 3 is 2.54 bits per heavy atom. The first-order chi connectivity index (χ1) is 11.7. The van der Waals surface area contributed by atoms with Crippen LogP contribution in [0.5, 0.6) is 5.75 Å². The van der Waals surface area contributed by atoms with E-state index < -0.39 is 0 Å². The van der Waals surface area contributed by atoms with Crippen LogP contribution in [-0.4, -0.2) is 17.7 Å². The van der Waals surface area contributed by atoms with Gasteiger partial charge in [-0.15, -0.1) is 0 Å². The first-order valence-corrected chi connectivity index (χ1v) is 7.80. The molecule has 3 rings (SSSR count). The van der Waals surface area contributed by atoms with Gasteiger partial charge >= 0.3 is 0 Å². The molecule has 24 heavy (non-hydrogen) atoms. The molecule has 1 heterocycles. The Balaban J connectivity index is 1.70. The Hall–Kier alpha value is -2.79. The number of ether oxygens (including phenoxy) is 1. The Morgan fingerprint density at radius 1 is 1.17 bits per heavy atom. The minimum absolute atomic E-state index is 0.203. The van der Waals surface area contributed by atoms with Crippen LogP contribution in [0.15, 0.2) is 59.1 Å². The number of benzene rings is 2. The van der Waals surface area contributed by atoms with E-state index in [1.165, 1.54) is 0 Å². The highest BCUT2D eigenvalue weighted by atomic mass is 35.5. The molecule has 6 heteroatoms. The van der Waals surface area contributed by atoms with Crippen LogP contribution in [-0.2, 0) is 0 Å². The predicted octanol–water partition coefficient (Wildman–Crippen LogP) is 4.65. The third-order valence-electron chi connectivity index (χ3n) is 3.29. The lowest BCUT2D eigenvalue weighted by Crippen LogP contribution is -2.12. The van der Waals surface area contributed by atoms with Gasteiger partial charge in [0.05, 0.1) is 6.61 Å². The topological polar surface area (TPSA) is 64.4 Å². The standard InChI is InChI=1S/C18H15ClN2O3/c1-2-23-15-9-7-14(8-10-15)20-18(22)16-11-17(24-21-16)12-3-5-13(19)6-4-12/h3-11H,2H2,1H3,(H,20,22). The molecule has 2 aromatic carbocycles. The van der Waals surface area contributed by atoms with Gasteiger partial charge in [-0.05, 0) is 55.5 Å². The van der Waals surface area contributed by atoms with Gasteiger partial charge in [0.2, 0.25) is 0 Å². The lowest BCUT2D eigenvalue weighted by atomic mass is 10.1. The molecule has 1 aromatic heterocycles. The van der Waals surface area contributed by atoms with Crippen molar-refractivity contribution in [3.05, 3.63) is 65.3 Å². The van der Waals surface area contributed by atoms with Crippen LogP contribution in [0.3, 0.4) is 0 Å². The Bertz CT molecular complexity index is 826. The molecule has 0 saturated carbocycles. The summed E-state index contributed by atoms with van der Waals surface area (Å²) in [4.78, 5) is 12.2. The fourth-order valence-electron chi connectivity index (χ4n) is 2.13. The van der Waals surface area contributed by atoms with E-state index in [4.69, 9.17) is 20.9 Å². The zero-order chi connectivity index (χ0) is 16.9. The van der Waals surface area contributed by atoms with Crippen molar-refractivity contribution >= 4 is 23.2 Å². The summed E-state index contributed by atoms with van der Waals surface area (Å²) in [5.74, 6) is 0.911. The molecule has 0 atom stereocenters. The van der Waals surface area contributed by atoms with E-state index in [0.29, 0.717) is 23.1 Å². The smallest absolute Gasteiger partial charge is 0.277 e. The van der Waals surface area contributed by atoms with Crippen molar-refractivity contribution in [2.45, 2.75) is 6.92 Å². The molecule has 0 aliphatic carbocycles. The lowest BCUT2D eigenvalue weighted by Gasteiger charge is -2.05. The van der Waals surface area contributed by atoms with Crippen LogP contribution in [0.2, 0.25) is 5.02 Å². The number of hydrogen-bond acceptors (Lipinski definition) is 4. The van der Waals surface area contributed by atoms with Crippen molar-refractivity contribution in [3.63, 3.8) is 0 Å². The molecule has 0 fully saturated rings. The molecule has 0 bridgehead atoms. The number of hydrogen-bond donors (Lipinski definition) is 1. The van der Waals surface area contributed by atoms with Crippen LogP contribution in [0.25, 0.3) is 11.3 Å². The van der Waals surface area contributed by atoms with Crippen LogP contribution in [0.1, 0.15) is 17.4 Å². The second kappa shape index (κ2) is 7.19. The highest BCUT2D eigenvalue weighted by Gasteiger charge is 2.14. The maximum absolute atomic E-state index is 12.2. The van der Waals surface area contributed by atoms with Crippen molar-refractivity contribution in [2.24, 2.45) is 0 Å². The lowest BCUT2D eigenvalue weighted by molar-refractivity contribution is 0.101. The fourth-order valence-corrected chi connectivity index (χ4v) is 2.25. The zero-order valence-electron chi connectivity index (χ0n) is 13.0. The van der Waals surface area contributed by atoms with Crippen molar-refractivity contribution < 1.29 is 14.1 Å². The second-order valence-corrected chi connectivity index (χ2v) is 5.43. The molecular formula is C18H15ClN2O3. The second-order valence-electron chi connectivity index (χ2n) is 4.99. The van der Waals surface area contributed by atoms with E-state index in [9.17, 15) is 4.79 Å². The van der Waals surface area contributed by atoms with Gasteiger partial charge in [0, 0.05) is 22.3 Å². The molecule has 0 spiro atoms. The molecule has 1 N–H and O–H groups in total. The Morgan fingerprint density at radius 2 is 1.88 bits per heavy atom. The SMILES string of the molecule is CCOc1ccc(NC(=O)c2cc(-c3ccc(Cl)cc3)on2)cc1. The number of nitrogens with zero attached hydrogens (tertiary/aromatic N) is 1. The van der Waals surface area contributed by atoms with E-state index in [0.717, 1.165) is 11.3 Å². The monoisotopic (exact) mass is 342 g/mol. The molecule has 1 amide bonds. The van der Waals surface area contributed by atoms with Crippen molar-refractivity contribution in [1.29, 1.82) is 0 Å². The quantitative estimate of drug-likeness (QED) is 0.733. The maximum atomic E-state index is 12.2. The van der Waals surface area contributed by atoms with E-state index >= 15 is 0 Å². The van der Waals surface area contributed by atoms with Crippen molar-refractivity contribution in [2.75, 3.05) is 11.9 Å². The molecule has 122 valence electrons. The third-order valence-corrected chi connectivity index (χ3v) is 3.55. The summed E-state index contributed by atoms with van der Waals surface area (Å²) in [6.45, 7) is 2.51. The summed E-state index contributed by atoms with van der Waals surface area (Å²) in [5, 5.41) is 7.21. The van der Waals surface area contributed by atoms with Crippen molar-refractivity contribution in [3.8, 4) is 17.1 Å². The van der Waals surface area contributed by atoms with Crippen LogP contribution < -0.4 is 10.1 Å². The van der Waals surface area contributed by atoms with Gasteiger partial charge in [0.15, 0.2) is 11.5 Å². The number of rotatable bonds is 5. The highest BCUT2D eigenvalue weighted by Crippen LogP contribution is 2.23. The maximum Gasteiger partial charge on any atom is 0.277 e. The van der Waals surface area contributed by atoms with E-state index in [2.05, 4.69) is 10.5 Å². The molecule has 0 radical (unpaired) electrons. The summed E-state index contributed by atoms with van der Waals surface area (Å²) in [6.07, 6.45) is 0. The first kappa shape index (κ1) is 16.1. The highest BCUT2D eigenvalue weighted by molar-refractivity contribution is 6.30. The van der Waals surface area contributed by atoms with Gasteiger partial charge in [-0.2, -0.15) is 0 Å². The van der Waals surface area contributed by atoms with E-state index in [1.54, 1.807) is 54.6 Å². The van der Waals surface area contributed by atoms with Crippen LogP contribution in [0.4, 0.5) is 5.69 Å². The number of carbonyl (C=O) groups excluding carboxylic acids is 1. The van der Waals surface area contributed by atoms with Gasteiger partial charge in [-0.1, -0.05) is 16.8 Å². The number of anilines is 1. The number of aromatic nitrogens is 1. The van der Waals surface area contributed by atoms with Crippen LogP contribution >= 0.6 is 11.6 Å². The third kappa shape index (κ3) is 3.75. The first-order valence-electron chi connectivity index (χ1n) is 7.42. The molecule has 0 unspecified atom stereocenters. The summed E-state index contributed by atoms with van der Waals surface area (Å²) in [5.41, 5.74) is 1.65. The molecule has 0 saturated heterocycles. The van der Waals surface area contributed by atoms with Gasteiger partial charge in [-0.25, -0.2) is 0 Å². The summed E-state index contributed by atoms with van der Waals surface area (Å²) < 4.78 is 10.6. The molecular weight excluding hydrogens is 328 g/mol. The number of halogens is 1. The Kier molecular flexibility index (Phi) is 4.82. The number of amides is 1. The summed E-state index contributed by atoms with van der Waals surface area (Å²) in [6, 6.07) is 15.8. The van der Waals surface area contributed by atoms with E-state index in [-0.39, 0.29) is 11.6 Å². The summed E-state index contributed by atoms with van der Waals surface area (Å²) >= 11 is 5.86. The number of nitrogens with one attached hydrogen (secondary N) is 1. The minimum Gasteiger partial charge on any atom is -0.494 e. The normalized spacial score (nSPS) is 10.4. The zero-order valence-corrected chi connectivity index (χ0v) is 13.7.